The summed E-state index contributed by atoms with van der Waals surface area (Å²) in [6.45, 7) is 3.61. The molecule has 0 bridgehead atoms. The number of hydrogen-bond acceptors (Lipinski definition) is 3. The average Bonchev–Trinajstić information content (AvgIpc) is 2.94. The smallest absolute Gasteiger partial charge is 0.243 e. The van der Waals surface area contributed by atoms with Crippen LogP contribution < -0.4 is 0 Å². The lowest BCUT2D eigenvalue weighted by atomic mass is 9.85. The second-order valence-electron chi connectivity index (χ2n) is 6.52. The molecule has 2 saturated heterocycles. The minimum atomic E-state index is -0.289. The number of rotatable bonds is 5. The SMILES string of the molecule is O=C1N(Cc2ccccc2)CCCC12CCCN2CCCO. The molecular formula is C18H26N2O2. The molecule has 1 atom stereocenters. The van der Waals surface area contributed by atoms with Gasteiger partial charge in [-0.25, -0.2) is 0 Å². The van der Waals surface area contributed by atoms with Gasteiger partial charge in [0.1, 0.15) is 5.54 Å². The Morgan fingerprint density at radius 2 is 1.82 bits per heavy atom. The first-order chi connectivity index (χ1) is 10.8. The third kappa shape index (κ3) is 2.90. The molecule has 2 heterocycles. The Labute approximate surface area is 132 Å². The van der Waals surface area contributed by atoms with Gasteiger partial charge < -0.3 is 10.0 Å². The van der Waals surface area contributed by atoms with E-state index in [0.717, 1.165) is 58.3 Å². The summed E-state index contributed by atoms with van der Waals surface area (Å²) >= 11 is 0. The van der Waals surface area contributed by atoms with Gasteiger partial charge in [0, 0.05) is 26.2 Å². The first kappa shape index (κ1) is 15.5. The molecule has 1 N–H and O–H groups in total. The van der Waals surface area contributed by atoms with Gasteiger partial charge in [-0.1, -0.05) is 30.3 Å². The highest BCUT2D eigenvalue weighted by Crippen LogP contribution is 2.38. The molecule has 1 amide bonds. The molecule has 3 rings (SSSR count). The van der Waals surface area contributed by atoms with E-state index in [0.29, 0.717) is 5.91 Å². The minimum Gasteiger partial charge on any atom is -0.396 e. The molecule has 2 aliphatic heterocycles. The topological polar surface area (TPSA) is 43.8 Å². The number of carbonyl (C=O) groups is 1. The summed E-state index contributed by atoms with van der Waals surface area (Å²) in [6, 6.07) is 10.3. The summed E-state index contributed by atoms with van der Waals surface area (Å²) in [7, 11) is 0. The summed E-state index contributed by atoms with van der Waals surface area (Å²) in [6.07, 6.45) is 4.88. The van der Waals surface area contributed by atoms with Gasteiger partial charge in [0.15, 0.2) is 0 Å². The molecule has 2 aliphatic rings. The first-order valence-electron chi connectivity index (χ1n) is 8.45. The fourth-order valence-corrected chi connectivity index (χ4v) is 4.07. The van der Waals surface area contributed by atoms with Crippen molar-refractivity contribution in [1.29, 1.82) is 0 Å². The molecule has 1 aromatic rings. The largest absolute Gasteiger partial charge is 0.396 e. The number of carbonyl (C=O) groups excluding carboxylic acids is 1. The summed E-state index contributed by atoms with van der Waals surface area (Å²) in [5.74, 6) is 0.304. The molecule has 4 heteroatoms. The van der Waals surface area contributed by atoms with E-state index in [4.69, 9.17) is 5.11 Å². The van der Waals surface area contributed by atoms with Gasteiger partial charge in [0.25, 0.3) is 0 Å². The van der Waals surface area contributed by atoms with Gasteiger partial charge in [-0.3, -0.25) is 9.69 Å². The van der Waals surface area contributed by atoms with Gasteiger partial charge in [-0.05, 0) is 44.2 Å². The zero-order valence-electron chi connectivity index (χ0n) is 13.2. The van der Waals surface area contributed by atoms with Crippen LogP contribution in [-0.4, -0.2) is 52.6 Å². The quantitative estimate of drug-likeness (QED) is 0.905. The zero-order chi connectivity index (χ0) is 15.4. The van der Waals surface area contributed by atoms with Crippen LogP contribution in [-0.2, 0) is 11.3 Å². The first-order valence-corrected chi connectivity index (χ1v) is 8.45. The van der Waals surface area contributed by atoms with Crippen LogP contribution in [0.3, 0.4) is 0 Å². The van der Waals surface area contributed by atoms with Crippen LogP contribution >= 0.6 is 0 Å². The van der Waals surface area contributed by atoms with Gasteiger partial charge in [0.2, 0.25) is 5.91 Å². The van der Waals surface area contributed by atoms with Gasteiger partial charge in [-0.15, -0.1) is 0 Å². The van der Waals surface area contributed by atoms with Crippen molar-refractivity contribution in [3.63, 3.8) is 0 Å². The highest BCUT2D eigenvalue weighted by atomic mass is 16.3. The van der Waals surface area contributed by atoms with Crippen LogP contribution in [0.5, 0.6) is 0 Å². The van der Waals surface area contributed by atoms with Crippen molar-refractivity contribution in [2.75, 3.05) is 26.2 Å². The van der Waals surface area contributed by atoms with Crippen LogP contribution in [0.2, 0.25) is 0 Å². The number of piperidine rings is 1. The van der Waals surface area contributed by atoms with E-state index in [1.165, 1.54) is 5.56 Å². The van der Waals surface area contributed by atoms with E-state index in [1.54, 1.807) is 0 Å². The molecule has 0 saturated carbocycles. The number of nitrogens with zero attached hydrogens (tertiary/aromatic N) is 2. The Morgan fingerprint density at radius 3 is 2.55 bits per heavy atom. The van der Waals surface area contributed by atoms with Crippen molar-refractivity contribution in [2.24, 2.45) is 0 Å². The number of amides is 1. The zero-order valence-corrected chi connectivity index (χ0v) is 13.2. The predicted molar refractivity (Wildman–Crippen MR) is 86.3 cm³/mol. The highest BCUT2D eigenvalue weighted by Gasteiger charge is 2.50. The van der Waals surface area contributed by atoms with Crippen molar-refractivity contribution in [3.8, 4) is 0 Å². The van der Waals surface area contributed by atoms with Gasteiger partial charge >= 0.3 is 0 Å². The van der Waals surface area contributed by atoms with E-state index < -0.39 is 0 Å². The van der Waals surface area contributed by atoms with Crippen LogP contribution in [0.25, 0.3) is 0 Å². The van der Waals surface area contributed by atoms with Crippen molar-refractivity contribution < 1.29 is 9.90 Å². The minimum absolute atomic E-state index is 0.203. The van der Waals surface area contributed by atoms with Crippen molar-refractivity contribution in [3.05, 3.63) is 35.9 Å². The molecule has 0 radical (unpaired) electrons. The molecule has 0 aliphatic carbocycles. The van der Waals surface area contributed by atoms with Crippen LogP contribution in [0.15, 0.2) is 30.3 Å². The molecule has 1 spiro atoms. The standard InChI is InChI=1S/C18H26N2O2/c21-14-6-13-20-12-5-10-18(20)9-4-11-19(17(18)22)15-16-7-2-1-3-8-16/h1-3,7-8,21H,4-6,9-15H2. The van der Waals surface area contributed by atoms with E-state index in [2.05, 4.69) is 17.0 Å². The lowest BCUT2D eigenvalue weighted by Gasteiger charge is -2.44. The fraction of sp³-hybridized carbons (Fsp3) is 0.611. The summed E-state index contributed by atoms with van der Waals surface area (Å²) in [4.78, 5) is 17.5. The molecule has 0 aromatic heterocycles. The number of aliphatic hydroxyl groups excluding tert-OH is 1. The number of hydrogen-bond donors (Lipinski definition) is 1. The second-order valence-corrected chi connectivity index (χ2v) is 6.52. The van der Waals surface area contributed by atoms with Crippen molar-refractivity contribution in [2.45, 2.75) is 44.2 Å². The number of benzene rings is 1. The Morgan fingerprint density at radius 1 is 1.09 bits per heavy atom. The summed E-state index contributed by atoms with van der Waals surface area (Å²) in [5, 5.41) is 9.10. The van der Waals surface area contributed by atoms with Crippen LogP contribution in [0, 0.1) is 0 Å². The molecule has 4 nitrogen and oxygen atoms in total. The molecule has 1 unspecified atom stereocenters. The highest BCUT2D eigenvalue weighted by molar-refractivity contribution is 5.87. The number of likely N-dealkylation sites (tertiary alicyclic amines) is 2. The van der Waals surface area contributed by atoms with E-state index in [-0.39, 0.29) is 12.1 Å². The number of aliphatic hydroxyl groups is 1. The fourth-order valence-electron chi connectivity index (χ4n) is 4.07. The molecule has 1 aromatic carbocycles. The summed E-state index contributed by atoms with van der Waals surface area (Å²) < 4.78 is 0. The van der Waals surface area contributed by atoms with Crippen molar-refractivity contribution in [1.82, 2.24) is 9.80 Å². The molecule has 120 valence electrons. The van der Waals surface area contributed by atoms with Gasteiger partial charge in [-0.2, -0.15) is 0 Å². The van der Waals surface area contributed by atoms with Crippen LogP contribution in [0.4, 0.5) is 0 Å². The molecular weight excluding hydrogens is 276 g/mol. The Hall–Kier alpha value is -1.39. The Balaban J connectivity index is 1.74. The molecule has 22 heavy (non-hydrogen) atoms. The summed E-state index contributed by atoms with van der Waals surface area (Å²) in [5.41, 5.74) is 0.912. The lowest BCUT2D eigenvalue weighted by molar-refractivity contribution is -0.148. The normalized spacial score (nSPS) is 26.0. The van der Waals surface area contributed by atoms with Crippen LogP contribution in [0.1, 0.15) is 37.7 Å². The maximum absolute atomic E-state index is 13.1. The lowest BCUT2D eigenvalue weighted by Crippen LogP contribution is -2.59. The van der Waals surface area contributed by atoms with Crippen molar-refractivity contribution >= 4 is 5.91 Å². The Kier molecular flexibility index (Phi) is 4.79. The monoisotopic (exact) mass is 302 g/mol. The predicted octanol–water partition coefficient (Wildman–Crippen LogP) is 2.03. The van der Waals surface area contributed by atoms with E-state index >= 15 is 0 Å². The van der Waals surface area contributed by atoms with Gasteiger partial charge in [0.05, 0.1) is 0 Å². The molecule has 2 fully saturated rings. The van der Waals surface area contributed by atoms with E-state index in [1.807, 2.05) is 23.1 Å². The maximum Gasteiger partial charge on any atom is 0.243 e. The third-order valence-electron chi connectivity index (χ3n) is 5.13. The third-order valence-corrected chi connectivity index (χ3v) is 5.13. The maximum atomic E-state index is 13.1. The Bertz CT molecular complexity index is 505. The van der Waals surface area contributed by atoms with E-state index in [9.17, 15) is 4.79 Å². The average molecular weight is 302 g/mol. The second kappa shape index (κ2) is 6.80.